The van der Waals surface area contributed by atoms with Crippen LogP contribution in [0.3, 0.4) is 0 Å². The highest BCUT2D eigenvalue weighted by atomic mass is 35.5. The van der Waals surface area contributed by atoms with Gasteiger partial charge in [-0.2, -0.15) is 5.26 Å². The summed E-state index contributed by atoms with van der Waals surface area (Å²) in [7, 11) is 0. The Morgan fingerprint density at radius 2 is 2.41 bits per heavy atom. The highest BCUT2D eigenvalue weighted by molar-refractivity contribution is 6.31. The quantitative estimate of drug-likeness (QED) is 0.897. The molecule has 2 rings (SSSR count). The molecule has 1 aliphatic rings. The number of halogens is 1. The van der Waals surface area contributed by atoms with Gasteiger partial charge in [0, 0.05) is 11.6 Å². The average Bonchev–Trinajstić information content (AvgIpc) is 2.38. The summed E-state index contributed by atoms with van der Waals surface area (Å²) in [6.45, 7) is 2.50. The van der Waals surface area contributed by atoms with E-state index in [1.165, 1.54) is 0 Å². The van der Waals surface area contributed by atoms with Crippen LogP contribution in [0.25, 0.3) is 0 Å². The van der Waals surface area contributed by atoms with E-state index in [1.54, 1.807) is 12.1 Å². The van der Waals surface area contributed by atoms with Crippen LogP contribution < -0.4 is 5.32 Å². The molecule has 1 aromatic rings. The fourth-order valence-electron chi connectivity index (χ4n) is 1.90. The molecule has 0 amide bonds. The first-order valence-corrected chi connectivity index (χ1v) is 6.18. The molecule has 0 spiro atoms. The minimum Gasteiger partial charge on any atom is -0.372 e. The standard InChI is InChI=1S/C13H15ClN2O/c14-13-6-10(7-15)3-4-11(13)9-17-12-2-1-5-16-8-12/h3-4,6,12,16H,1-2,5,8-9H2. The highest BCUT2D eigenvalue weighted by Gasteiger charge is 2.13. The van der Waals surface area contributed by atoms with Crippen LogP contribution in [0.15, 0.2) is 18.2 Å². The molecule has 1 saturated heterocycles. The van der Waals surface area contributed by atoms with Crippen molar-refractivity contribution in [3.8, 4) is 6.07 Å². The van der Waals surface area contributed by atoms with E-state index in [2.05, 4.69) is 11.4 Å². The van der Waals surface area contributed by atoms with Gasteiger partial charge in [-0.15, -0.1) is 0 Å². The molecule has 17 heavy (non-hydrogen) atoms. The Morgan fingerprint density at radius 1 is 1.53 bits per heavy atom. The van der Waals surface area contributed by atoms with Gasteiger partial charge in [0.2, 0.25) is 0 Å². The Bertz CT molecular complexity index is 422. The molecule has 3 nitrogen and oxygen atoms in total. The average molecular weight is 251 g/mol. The molecule has 1 atom stereocenters. The van der Waals surface area contributed by atoms with E-state index in [0.29, 0.717) is 17.2 Å². The smallest absolute Gasteiger partial charge is 0.0992 e. The van der Waals surface area contributed by atoms with Crippen molar-refractivity contribution >= 4 is 11.6 Å². The zero-order chi connectivity index (χ0) is 12.1. The zero-order valence-corrected chi connectivity index (χ0v) is 10.3. The van der Waals surface area contributed by atoms with Gasteiger partial charge in [-0.1, -0.05) is 17.7 Å². The third-order valence-corrected chi connectivity index (χ3v) is 3.26. The van der Waals surface area contributed by atoms with Crippen molar-refractivity contribution in [3.63, 3.8) is 0 Å². The van der Waals surface area contributed by atoms with Crippen molar-refractivity contribution in [1.29, 1.82) is 5.26 Å². The van der Waals surface area contributed by atoms with Crippen molar-refractivity contribution in [2.45, 2.75) is 25.6 Å². The molecule has 90 valence electrons. The number of benzene rings is 1. The Balaban J connectivity index is 1.92. The van der Waals surface area contributed by atoms with Gasteiger partial charge in [0.05, 0.1) is 24.3 Å². The van der Waals surface area contributed by atoms with Crippen LogP contribution in [0.5, 0.6) is 0 Å². The SMILES string of the molecule is N#Cc1ccc(COC2CCCNC2)c(Cl)c1. The fourth-order valence-corrected chi connectivity index (χ4v) is 2.14. The van der Waals surface area contributed by atoms with Crippen LogP contribution in [-0.4, -0.2) is 19.2 Å². The molecule has 0 radical (unpaired) electrons. The van der Waals surface area contributed by atoms with Gasteiger partial charge >= 0.3 is 0 Å². The number of nitrogens with zero attached hydrogens (tertiary/aromatic N) is 1. The van der Waals surface area contributed by atoms with Crippen LogP contribution in [0.4, 0.5) is 0 Å². The molecule has 1 fully saturated rings. The van der Waals surface area contributed by atoms with E-state index in [9.17, 15) is 0 Å². The summed E-state index contributed by atoms with van der Waals surface area (Å²) in [5, 5.41) is 12.6. The largest absolute Gasteiger partial charge is 0.372 e. The van der Waals surface area contributed by atoms with E-state index in [-0.39, 0.29) is 6.10 Å². The Labute approximate surface area is 106 Å². The molecule has 4 heteroatoms. The summed E-state index contributed by atoms with van der Waals surface area (Å²) in [6, 6.07) is 7.37. The van der Waals surface area contributed by atoms with Crippen LogP contribution >= 0.6 is 11.6 Å². The number of hydrogen-bond donors (Lipinski definition) is 1. The number of ether oxygens (including phenoxy) is 1. The van der Waals surface area contributed by atoms with Crippen molar-refractivity contribution in [3.05, 3.63) is 34.3 Å². The van der Waals surface area contributed by atoms with E-state index < -0.39 is 0 Å². The second kappa shape index (κ2) is 6.02. The van der Waals surface area contributed by atoms with Gasteiger partial charge in [-0.05, 0) is 37.1 Å². The predicted molar refractivity (Wildman–Crippen MR) is 66.8 cm³/mol. The second-order valence-electron chi connectivity index (χ2n) is 4.20. The van der Waals surface area contributed by atoms with Crippen LogP contribution in [0.1, 0.15) is 24.0 Å². The van der Waals surface area contributed by atoms with Crippen LogP contribution in [-0.2, 0) is 11.3 Å². The number of piperidine rings is 1. The van der Waals surface area contributed by atoms with Crippen molar-refractivity contribution < 1.29 is 4.74 Å². The lowest BCUT2D eigenvalue weighted by Crippen LogP contribution is -2.35. The lowest BCUT2D eigenvalue weighted by atomic mass is 10.1. The van der Waals surface area contributed by atoms with Crippen molar-refractivity contribution in [2.24, 2.45) is 0 Å². The first-order valence-electron chi connectivity index (χ1n) is 5.80. The number of hydrogen-bond acceptors (Lipinski definition) is 3. The number of nitriles is 1. The summed E-state index contributed by atoms with van der Waals surface area (Å²) in [4.78, 5) is 0. The maximum Gasteiger partial charge on any atom is 0.0992 e. The van der Waals surface area contributed by atoms with Gasteiger partial charge in [-0.3, -0.25) is 0 Å². The molecule has 1 N–H and O–H groups in total. The van der Waals surface area contributed by atoms with E-state index in [0.717, 1.165) is 31.5 Å². The van der Waals surface area contributed by atoms with Gasteiger partial charge in [-0.25, -0.2) is 0 Å². The van der Waals surface area contributed by atoms with Gasteiger partial charge in [0.25, 0.3) is 0 Å². The molecule has 1 aliphatic heterocycles. The first kappa shape index (κ1) is 12.4. The third kappa shape index (κ3) is 3.44. The Morgan fingerprint density at radius 3 is 3.06 bits per heavy atom. The molecule has 1 heterocycles. The normalized spacial score (nSPS) is 19.9. The monoisotopic (exact) mass is 250 g/mol. The fraction of sp³-hybridized carbons (Fsp3) is 0.462. The van der Waals surface area contributed by atoms with Crippen LogP contribution in [0, 0.1) is 11.3 Å². The molecular weight excluding hydrogens is 236 g/mol. The molecule has 1 aromatic carbocycles. The molecule has 0 saturated carbocycles. The lowest BCUT2D eigenvalue weighted by Gasteiger charge is -2.23. The molecule has 0 aromatic heterocycles. The Kier molecular flexibility index (Phi) is 4.38. The second-order valence-corrected chi connectivity index (χ2v) is 4.60. The molecule has 0 aliphatic carbocycles. The predicted octanol–water partition coefficient (Wildman–Crippen LogP) is 2.48. The van der Waals surface area contributed by atoms with E-state index >= 15 is 0 Å². The van der Waals surface area contributed by atoms with E-state index in [1.807, 2.05) is 6.07 Å². The van der Waals surface area contributed by atoms with Gasteiger partial charge in [0.1, 0.15) is 0 Å². The lowest BCUT2D eigenvalue weighted by molar-refractivity contribution is 0.0253. The molecule has 1 unspecified atom stereocenters. The van der Waals surface area contributed by atoms with Gasteiger partial charge < -0.3 is 10.1 Å². The van der Waals surface area contributed by atoms with Crippen LogP contribution in [0.2, 0.25) is 5.02 Å². The van der Waals surface area contributed by atoms with E-state index in [4.69, 9.17) is 21.6 Å². The summed E-state index contributed by atoms with van der Waals surface area (Å²) < 4.78 is 5.79. The summed E-state index contributed by atoms with van der Waals surface area (Å²) in [5.41, 5.74) is 1.52. The summed E-state index contributed by atoms with van der Waals surface area (Å²) in [6.07, 6.45) is 2.53. The molecular formula is C13H15ClN2O. The van der Waals surface area contributed by atoms with Crippen molar-refractivity contribution in [1.82, 2.24) is 5.32 Å². The summed E-state index contributed by atoms with van der Waals surface area (Å²) >= 11 is 6.08. The maximum atomic E-state index is 8.74. The van der Waals surface area contributed by atoms with Crippen molar-refractivity contribution in [2.75, 3.05) is 13.1 Å². The third-order valence-electron chi connectivity index (χ3n) is 2.91. The first-order chi connectivity index (χ1) is 8.29. The minimum atomic E-state index is 0.274. The molecule has 0 bridgehead atoms. The maximum absolute atomic E-state index is 8.74. The summed E-state index contributed by atoms with van der Waals surface area (Å²) in [5.74, 6) is 0. The Hall–Kier alpha value is -1.08. The zero-order valence-electron chi connectivity index (χ0n) is 9.58. The number of nitrogens with one attached hydrogen (secondary N) is 1. The number of rotatable bonds is 3. The topological polar surface area (TPSA) is 45.0 Å². The minimum absolute atomic E-state index is 0.274. The highest BCUT2D eigenvalue weighted by Crippen LogP contribution is 2.19. The van der Waals surface area contributed by atoms with Gasteiger partial charge in [0.15, 0.2) is 0 Å².